The number of nitrogens with one attached hydrogen (secondary N) is 2. The van der Waals surface area contributed by atoms with Crippen molar-refractivity contribution in [2.24, 2.45) is 5.92 Å². The van der Waals surface area contributed by atoms with E-state index < -0.39 is 0 Å². The third-order valence-corrected chi connectivity index (χ3v) is 3.61. The molecule has 1 unspecified atom stereocenters. The van der Waals surface area contributed by atoms with Crippen LogP contribution in [-0.2, 0) is 0 Å². The van der Waals surface area contributed by atoms with Crippen LogP contribution in [0.25, 0.3) is 10.9 Å². The van der Waals surface area contributed by atoms with Gasteiger partial charge in [-0.3, -0.25) is 9.89 Å². The van der Waals surface area contributed by atoms with E-state index in [-0.39, 0.29) is 5.91 Å². The van der Waals surface area contributed by atoms with E-state index in [1.54, 1.807) is 6.20 Å². The van der Waals surface area contributed by atoms with Gasteiger partial charge < -0.3 is 10.2 Å². The van der Waals surface area contributed by atoms with E-state index in [9.17, 15) is 4.79 Å². The van der Waals surface area contributed by atoms with Gasteiger partial charge in [-0.2, -0.15) is 5.10 Å². The van der Waals surface area contributed by atoms with Crippen LogP contribution in [0.3, 0.4) is 0 Å². The highest BCUT2D eigenvalue weighted by Crippen LogP contribution is 2.13. The molecule has 0 aliphatic rings. The summed E-state index contributed by atoms with van der Waals surface area (Å²) in [5.74, 6) is 0.439. The number of carbonyl (C=O) groups is 1. The van der Waals surface area contributed by atoms with Crippen molar-refractivity contribution in [1.82, 2.24) is 20.4 Å². The largest absolute Gasteiger partial charge is 0.350 e. The molecule has 5 nitrogen and oxygen atoms in total. The minimum absolute atomic E-state index is 0.0472. The highest BCUT2D eigenvalue weighted by atomic mass is 16.1. The number of aromatic amines is 1. The van der Waals surface area contributed by atoms with Crippen LogP contribution in [0.15, 0.2) is 24.4 Å². The molecule has 2 rings (SSSR count). The SMILES string of the molecule is CC(C)C(CNC(=O)c1ccc2cn[nH]c2c1)N(C)C. The molecule has 1 amide bonds. The Kier molecular flexibility index (Phi) is 4.39. The van der Waals surface area contributed by atoms with Gasteiger partial charge in [0.05, 0.1) is 11.7 Å². The minimum Gasteiger partial charge on any atom is -0.350 e. The summed E-state index contributed by atoms with van der Waals surface area (Å²) in [6, 6.07) is 5.89. The molecular weight excluding hydrogens is 252 g/mol. The van der Waals surface area contributed by atoms with Crippen molar-refractivity contribution in [1.29, 1.82) is 0 Å². The van der Waals surface area contributed by atoms with Crippen LogP contribution in [0.2, 0.25) is 0 Å². The fourth-order valence-electron chi connectivity index (χ4n) is 2.39. The van der Waals surface area contributed by atoms with Crippen LogP contribution in [0.1, 0.15) is 24.2 Å². The van der Waals surface area contributed by atoms with Crippen molar-refractivity contribution in [3.8, 4) is 0 Å². The molecule has 1 aromatic carbocycles. The average molecular weight is 274 g/mol. The van der Waals surface area contributed by atoms with Gasteiger partial charge in [-0.05, 0) is 32.1 Å². The molecule has 0 saturated heterocycles. The first-order valence-corrected chi connectivity index (χ1v) is 6.87. The summed E-state index contributed by atoms with van der Waals surface area (Å²) < 4.78 is 0. The number of carbonyl (C=O) groups excluding carboxylic acids is 1. The summed E-state index contributed by atoms with van der Waals surface area (Å²) in [5.41, 5.74) is 1.54. The minimum atomic E-state index is -0.0472. The van der Waals surface area contributed by atoms with E-state index >= 15 is 0 Å². The third kappa shape index (κ3) is 3.17. The quantitative estimate of drug-likeness (QED) is 0.875. The van der Waals surface area contributed by atoms with Crippen molar-refractivity contribution in [3.05, 3.63) is 30.0 Å². The Bertz CT molecular complexity index is 580. The van der Waals surface area contributed by atoms with Gasteiger partial charge in [0.2, 0.25) is 0 Å². The number of aromatic nitrogens is 2. The van der Waals surface area contributed by atoms with Gasteiger partial charge in [0.1, 0.15) is 0 Å². The summed E-state index contributed by atoms with van der Waals surface area (Å²) in [5, 5.41) is 10.8. The van der Waals surface area contributed by atoms with Gasteiger partial charge in [-0.1, -0.05) is 19.9 Å². The van der Waals surface area contributed by atoms with E-state index in [1.807, 2.05) is 32.3 Å². The summed E-state index contributed by atoms with van der Waals surface area (Å²) >= 11 is 0. The van der Waals surface area contributed by atoms with Crippen molar-refractivity contribution < 1.29 is 4.79 Å². The summed E-state index contributed by atoms with van der Waals surface area (Å²) in [6.45, 7) is 4.96. The number of rotatable bonds is 5. The maximum absolute atomic E-state index is 12.2. The number of hydrogen-bond acceptors (Lipinski definition) is 3. The third-order valence-electron chi connectivity index (χ3n) is 3.61. The summed E-state index contributed by atoms with van der Waals surface area (Å²) in [4.78, 5) is 14.3. The van der Waals surface area contributed by atoms with Crippen molar-refractivity contribution in [2.45, 2.75) is 19.9 Å². The lowest BCUT2D eigenvalue weighted by Gasteiger charge is -2.28. The molecule has 0 aliphatic carbocycles. The smallest absolute Gasteiger partial charge is 0.251 e. The summed E-state index contributed by atoms with van der Waals surface area (Å²) in [7, 11) is 4.07. The zero-order chi connectivity index (χ0) is 14.7. The predicted octanol–water partition coefficient (Wildman–Crippen LogP) is 1.88. The monoisotopic (exact) mass is 274 g/mol. The Hall–Kier alpha value is -1.88. The second-order valence-electron chi connectivity index (χ2n) is 5.66. The highest BCUT2D eigenvalue weighted by molar-refractivity contribution is 5.97. The standard InChI is InChI=1S/C15H22N4O/c1-10(2)14(19(3)4)9-16-15(20)11-5-6-12-8-17-18-13(12)7-11/h5-8,10,14H,9H2,1-4H3,(H,16,20)(H,17,18). The Morgan fingerprint density at radius 1 is 1.40 bits per heavy atom. The molecule has 0 radical (unpaired) electrons. The first kappa shape index (κ1) is 14.5. The summed E-state index contributed by atoms with van der Waals surface area (Å²) in [6.07, 6.45) is 1.75. The van der Waals surface area contributed by atoms with Gasteiger partial charge in [0.25, 0.3) is 5.91 Å². The lowest BCUT2D eigenvalue weighted by molar-refractivity contribution is 0.0935. The van der Waals surface area contributed by atoms with E-state index in [0.717, 1.165) is 10.9 Å². The van der Waals surface area contributed by atoms with E-state index in [0.29, 0.717) is 24.1 Å². The zero-order valence-electron chi connectivity index (χ0n) is 12.5. The number of fused-ring (bicyclic) bond motifs is 1. The molecule has 0 saturated carbocycles. The van der Waals surface area contributed by atoms with Crippen LogP contribution in [0, 0.1) is 5.92 Å². The van der Waals surface area contributed by atoms with Crippen LogP contribution < -0.4 is 5.32 Å². The number of likely N-dealkylation sites (N-methyl/N-ethyl adjacent to an activating group) is 1. The fourth-order valence-corrected chi connectivity index (χ4v) is 2.39. The van der Waals surface area contributed by atoms with E-state index in [1.165, 1.54) is 0 Å². The van der Waals surface area contributed by atoms with Gasteiger partial charge in [-0.25, -0.2) is 0 Å². The zero-order valence-corrected chi connectivity index (χ0v) is 12.5. The van der Waals surface area contributed by atoms with Crippen LogP contribution in [-0.4, -0.2) is 47.7 Å². The Morgan fingerprint density at radius 3 is 2.80 bits per heavy atom. The Morgan fingerprint density at radius 2 is 2.15 bits per heavy atom. The van der Waals surface area contributed by atoms with Crippen LogP contribution in [0.4, 0.5) is 0 Å². The lowest BCUT2D eigenvalue weighted by Crippen LogP contribution is -2.43. The topological polar surface area (TPSA) is 61.0 Å². The van der Waals surface area contributed by atoms with E-state index in [2.05, 4.69) is 34.3 Å². The van der Waals surface area contributed by atoms with Gasteiger partial charge in [0, 0.05) is 23.5 Å². The number of H-pyrrole nitrogens is 1. The Labute approximate surface area is 119 Å². The molecular formula is C15H22N4O. The molecule has 0 bridgehead atoms. The number of nitrogens with zero attached hydrogens (tertiary/aromatic N) is 2. The Balaban J connectivity index is 2.04. The second kappa shape index (κ2) is 6.05. The molecule has 20 heavy (non-hydrogen) atoms. The first-order valence-electron chi connectivity index (χ1n) is 6.87. The molecule has 2 N–H and O–H groups in total. The van der Waals surface area contributed by atoms with E-state index in [4.69, 9.17) is 0 Å². The van der Waals surface area contributed by atoms with Crippen molar-refractivity contribution >= 4 is 16.8 Å². The lowest BCUT2D eigenvalue weighted by atomic mass is 10.0. The number of benzene rings is 1. The first-order chi connectivity index (χ1) is 9.49. The molecule has 0 spiro atoms. The second-order valence-corrected chi connectivity index (χ2v) is 5.66. The molecule has 0 aliphatic heterocycles. The average Bonchev–Trinajstić information content (AvgIpc) is 2.84. The van der Waals surface area contributed by atoms with Crippen molar-refractivity contribution in [3.63, 3.8) is 0 Å². The molecule has 0 fully saturated rings. The predicted molar refractivity (Wildman–Crippen MR) is 80.7 cm³/mol. The maximum atomic E-state index is 12.2. The van der Waals surface area contributed by atoms with Crippen LogP contribution in [0.5, 0.6) is 0 Å². The van der Waals surface area contributed by atoms with Crippen LogP contribution >= 0.6 is 0 Å². The fraction of sp³-hybridized carbons (Fsp3) is 0.467. The molecule has 1 heterocycles. The van der Waals surface area contributed by atoms with Crippen molar-refractivity contribution in [2.75, 3.05) is 20.6 Å². The molecule has 2 aromatic rings. The number of hydrogen-bond donors (Lipinski definition) is 2. The highest BCUT2D eigenvalue weighted by Gasteiger charge is 2.17. The van der Waals surface area contributed by atoms with Gasteiger partial charge in [0.15, 0.2) is 0 Å². The number of amides is 1. The van der Waals surface area contributed by atoms with Gasteiger partial charge >= 0.3 is 0 Å². The molecule has 1 aromatic heterocycles. The molecule has 1 atom stereocenters. The maximum Gasteiger partial charge on any atom is 0.251 e. The molecule has 108 valence electrons. The van der Waals surface area contributed by atoms with Gasteiger partial charge in [-0.15, -0.1) is 0 Å². The normalized spacial score (nSPS) is 13.1. The molecule has 5 heteroatoms.